The Bertz CT molecular complexity index is 687. The van der Waals surface area contributed by atoms with E-state index in [2.05, 4.69) is 36.4 Å². The molecule has 0 unspecified atom stereocenters. The van der Waals surface area contributed by atoms with Crippen LogP contribution in [0.4, 0.5) is 0 Å². The van der Waals surface area contributed by atoms with Crippen LogP contribution in [0.3, 0.4) is 0 Å². The number of hydrogen-bond acceptors (Lipinski definition) is 3. The fraction of sp³-hybridized carbons (Fsp3) is 0.556. The standard InChI is InChI=1S/C18H23N3OS/c1-11-14-15-13(17(15,2)3)9-18(14,22)21(20-11)16(23)19-10-12-7-5-4-6-8-12/h4-8,13-15,22H,9-10H2,1-3H3,(H,19,23)/t13-,14+,15-,18-/m1/s1. The highest BCUT2D eigenvalue weighted by Crippen LogP contribution is 2.73. The second kappa shape index (κ2) is 4.77. The summed E-state index contributed by atoms with van der Waals surface area (Å²) in [6.45, 7) is 7.25. The fourth-order valence-corrected chi connectivity index (χ4v) is 5.04. The molecule has 0 radical (unpaired) electrons. The summed E-state index contributed by atoms with van der Waals surface area (Å²) in [5.41, 5.74) is 1.56. The number of nitrogens with zero attached hydrogens (tertiary/aromatic N) is 2. The maximum absolute atomic E-state index is 11.2. The van der Waals surface area contributed by atoms with Crippen molar-refractivity contribution in [3.8, 4) is 0 Å². The molecule has 1 aliphatic heterocycles. The van der Waals surface area contributed by atoms with Crippen LogP contribution in [0.1, 0.15) is 32.8 Å². The molecule has 1 heterocycles. The van der Waals surface area contributed by atoms with Crippen LogP contribution < -0.4 is 5.32 Å². The van der Waals surface area contributed by atoms with E-state index in [1.807, 2.05) is 25.1 Å². The summed E-state index contributed by atoms with van der Waals surface area (Å²) in [5.74, 6) is 1.21. The molecule has 4 atom stereocenters. The van der Waals surface area contributed by atoms with Gasteiger partial charge in [-0.1, -0.05) is 44.2 Å². The summed E-state index contributed by atoms with van der Waals surface area (Å²) in [5, 5.41) is 21.3. The number of hydrazone groups is 1. The van der Waals surface area contributed by atoms with E-state index in [-0.39, 0.29) is 5.92 Å². The van der Waals surface area contributed by atoms with Crippen molar-refractivity contribution in [2.75, 3.05) is 0 Å². The lowest BCUT2D eigenvalue weighted by Gasteiger charge is -2.36. The first-order valence-corrected chi connectivity index (χ1v) is 8.66. The minimum Gasteiger partial charge on any atom is -0.368 e. The molecule has 1 aromatic rings. The molecule has 4 nitrogen and oxygen atoms in total. The van der Waals surface area contributed by atoms with Crippen LogP contribution in [0.15, 0.2) is 35.4 Å². The van der Waals surface area contributed by atoms with Gasteiger partial charge in [-0.2, -0.15) is 5.10 Å². The molecule has 23 heavy (non-hydrogen) atoms. The van der Waals surface area contributed by atoms with Crippen molar-refractivity contribution < 1.29 is 5.11 Å². The molecule has 4 rings (SSSR count). The maximum atomic E-state index is 11.2. The highest BCUT2D eigenvalue weighted by molar-refractivity contribution is 7.80. The predicted octanol–water partition coefficient (Wildman–Crippen LogP) is 2.73. The Hall–Kier alpha value is -1.46. The van der Waals surface area contributed by atoms with Crippen molar-refractivity contribution in [2.24, 2.45) is 28.3 Å². The smallest absolute Gasteiger partial charge is 0.192 e. The Morgan fingerprint density at radius 1 is 1.39 bits per heavy atom. The normalized spacial score (nSPS) is 36.3. The molecule has 2 N–H and O–H groups in total. The molecule has 2 saturated carbocycles. The maximum Gasteiger partial charge on any atom is 0.192 e. The molecule has 0 amide bonds. The highest BCUT2D eigenvalue weighted by atomic mass is 32.1. The Morgan fingerprint density at radius 3 is 2.78 bits per heavy atom. The van der Waals surface area contributed by atoms with Gasteiger partial charge in [-0.05, 0) is 42.0 Å². The summed E-state index contributed by atoms with van der Waals surface area (Å²) >= 11 is 5.52. The molecule has 122 valence electrons. The van der Waals surface area contributed by atoms with E-state index in [1.165, 1.54) is 0 Å². The highest BCUT2D eigenvalue weighted by Gasteiger charge is 2.75. The van der Waals surface area contributed by atoms with E-state index >= 15 is 0 Å². The summed E-state index contributed by atoms with van der Waals surface area (Å²) < 4.78 is 0. The molecule has 3 aliphatic rings. The van der Waals surface area contributed by atoms with E-state index in [0.29, 0.717) is 28.9 Å². The number of nitrogens with one attached hydrogen (secondary N) is 1. The van der Waals surface area contributed by atoms with Gasteiger partial charge in [0.25, 0.3) is 0 Å². The minimum absolute atomic E-state index is 0.110. The summed E-state index contributed by atoms with van der Waals surface area (Å²) in [4.78, 5) is 0. The third-order valence-electron chi connectivity index (χ3n) is 6.07. The number of thiocarbonyl (C=S) groups is 1. The molecule has 2 fully saturated rings. The molecular weight excluding hydrogens is 306 g/mol. The second-order valence-electron chi connectivity index (χ2n) is 7.71. The fourth-order valence-electron chi connectivity index (χ4n) is 4.77. The Morgan fingerprint density at radius 2 is 2.09 bits per heavy atom. The summed E-state index contributed by atoms with van der Waals surface area (Å²) in [6.07, 6.45) is 0.753. The van der Waals surface area contributed by atoms with Crippen LogP contribution in [0.2, 0.25) is 0 Å². The van der Waals surface area contributed by atoms with Gasteiger partial charge in [-0.25, -0.2) is 5.01 Å². The topological polar surface area (TPSA) is 47.9 Å². The third-order valence-corrected chi connectivity index (χ3v) is 6.39. The van der Waals surface area contributed by atoms with Crippen molar-refractivity contribution in [1.82, 2.24) is 10.3 Å². The first kappa shape index (κ1) is 15.1. The van der Waals surface area contributed by atoms with Gasteiger partial charge in [0, 0.05) is 18.7 Å². The van der Waals surface area contributed by atoms with E-state index in [4.69, 9.17) is 12.2 Å². The molecule has 0 saturated heterocycles. The number of hydrogen-bond donors (Lipinski definition) is 2. The second-order valence-corrected chi connectivity index (χ2v) is 8.10. The van der Waals surface area contributed by atoms with Crippen LogP contribution in [-0.4, -0.2) is 26.7 Å². The Balaban J connectivity index is 1.49. The van der Waals surface area contributed by atoms with Gasteiger partial charge < -0.3 is 10.4 Å². The van der Waals surface area contributed by atoms with Gasteiger partial charge in [0.05, 0.1) is 5.92 Å². The van der Waals surface area contributed by atoms with Gasteiger partial charge in [-0.15, -0.1) is 0 Å². The Kier molecular flexibility index (Phi) is 3.13. The lowest BCUT2D eigenvalue weighted by atomic mass is 9.84. The van der Waals surface area contributed by atoms with Crippen molar-refractivity contribution in [2.45, 2.75) is 39.5 Å². The van der Waals surface area contributed by atoms with Crippen LogP contribution in [0.25, 0.3) is 0 Å². The van der Waals surface area contributed by atoms with E-state index in [0.717, 1.165) is 17.7 Å². The van der Waals surface area contributed by atoms with Crippen LogP contribution in [0.5, 0.6) is 0 Å². The van der Waals surface area contributed by atoms with Crippen molar-refractivity contribution in [3.05, 3.63) is 35.9 Å². The van der Waals surface area contributed by atoms with Crippen LogP contribution >= 0.6 is 12.2 Å². The first-order chi connectivity index (χ1) is 10.9. The zero-order valence-electron chi connectivity index (χ0n) is 13.8. The number of rotatable bonds is 2. The van der Waals surface area contributed by atoms with Crippen LogP contribution in [-0.2, 0) is 6.54 Å². The number of fused-ring (bicyclic) bond motifs is 3. The van der Waals surface area contributed by atoms with Crippen molar-refractivity contribution >= 4 is 23.0 Å². The van der Waals surface area contributed by atoms with Gasteiger partial charge in [0.2, 0.25) is 0 Å². The SMILES string of the molecule is CC1=NN(C(=S)NCc2ccccc2)[C@@]2(O)C[C@@H]3[C@H]([C@H]12)C3(C)C. The average Bonchev–Trinajstić information content (AvgIpc) is 2.83. The van der Waals surface area contributed by atoms with E-state index < -0.39 is 5.72 Å². The molecule has 5 heteroatoms. The molecule has 2 aliphatic carbocycles. The monoisotopic (exact) mass is 329 g/mol. The van der Waals surface area contributed by atoms with Crippen LogP contribution in [0, 0.1) is 23.2 Å². The lowest BCUT2D eigenvalue weighted by Crippen LogP contribution is -2.53. The molecular formula is C18H23N3OS. The molecule has 0 aromatic heterocycles. The third kappa shape index (κ3) is 2.06. The van der Waals surface area contributed by atoms with Crippen molar-refractivity contribution in [3.63, 3.8) is 0 Å². The van der Waals surface area contributed by atoms with E-state index in [9.17, 15) is 5.11 Å². The predicted molar refractivity (Wildman–Crippen MR) is 94.6 cm³/mol. The molecule has 0 spiro atoms. The van der Waals surface area contributed by atoms with Gasteiger partial charge in [-0.3, -0.25) is 0 Å². The quantitative estimate of drug-likeness (QED) is 0.819. The summed E-state index contributed by atoms with van der Waals surface area (Å²) in [7, 11) is 0. The average molecular weight is 329 g/mol. The number of benzene rings is 1. The molecule has 0 bridgehead atoms. The zero-order chi connectivity index (χ0) is 16.4. The lowest BCUT2D eigenvalue weighted by molar-refractivity contribution is -0.0860. The van der Waals surface area contributed by atoms with Gasteiger partial charge >= 0.3 is 0 Å². The van der Waals surface area contributed by atoms with E-state index in [1.54, 1.807) is 5.01 Å². The van der Waals surface area contributed by atoms with Gasteiger partial charge in [0.1, 0.15) is 0 Å². The largest absolute Gasteiger partial charge is 0.368 e. The number of aliphatic hydroxyl groups is 1. The Labute approximate surface area is 142 Å². The van der Waals surface area contributed by atoms with Gasteiger partial charge in [0.15, 0.2) is 10.8 Å². The zero-order valence-corrected chi connectivity index (χ0v) is 14.6. The summed E-state index contributed by atoms with van der Waals surface area (Å²) in [6, 6.07) is 10.1. The van der Waals surface area contributed by atoms with Crippen molar-refractivity contribution in [1.29, 1.82) is 0 Å². The first-order valence-electron chi connectivity index (χ1n) is 8.25. The molecule has 1 aromatic carbocycles. The minimum atomic E-state index is -0.935.